The Morgan fingerprint density at radius 1 is 0.944 bits per heavy atom. The van der Waals surface area contributed by atoms with Crippen molar-refractivity contribution in [3.8, 4) is 17.2 Å². The summed E-state index contributed by atoms with van der Waals surface area (Å²) in [5.74, 6) is 1.31. The highest BCUT2D eigenvalue weighted by atomic mass is 19.1. The average Bonchev–Trinajstić information content (AvgIpc) is 2.90. The van der Waals surface area contributed by atoms with E-state index in [1.54, 1.807) is 18.3 Å². The zero-order valence-electron chi connectivity index (χ0n) is 19.8. The molecule has 7 nitrogen and oxygen atoms in total. The molecular formula is C28H28FN5O2. The molecule has 2 heterocycles. The van der Waals surface area contributed by atoms with Gasteiger partial charge in [-0.25, -0.2) is 9.18 Å². The van der Waals surface area contributed by atoms with Crippen molar-refractivity contribution < 1.29 is 9.13 Å². The van der Waals surface area contributed by atoms with Crippen molar-refractivity contribution in [1.29, 1.82) is 0 Å². The third-order valence-corrected chi connectivity index (χ3v) is 6.13. The van der Waals surface area contributed by atoms with Gasteiger partial charge in [-0.2, -0.15) is 4.98 Å². The van der Waals surface area contributed by atoms with Gasteiger partial charge in [0, 0.05) is 6.54 Å². The average molecular weight is 486 g/mol. The Bertz CT molecular complexity index is 1400. The maximum atomic E-state index is 13.2. The van der Waals surface area contributed by atoms with E-state index in [-0.39, 0.29) is 5.82 Å². The van der Waals surface area contributed by atoms with Gasteiger partial charge in [0.05, 0.1) is 17.6 Å². The van der Waals surface area contributed by atoms with E-state index in [1.165, 1.54) is 16.7 Å². The first-order valence-corrected chi connectivity index (χ1v) is 12.0. The first-order valence-electron chi connectivity index (χ1n) is 12.0. The monoisotopic (exact) mass is 485 g/mol. The zero-order chi connectivity index (χ0) is 24.9. The number of nitrogens with two attached hydrogens (primary N) is 1. The van der Waals surface area contributed by atoms with E-state index in [2.05, 4.69) is 15.6 Å². The Labute approximate surface area is 208 Å². The van der Waals surface area contributed by atoms with E-state index in [0.717, 1.165) is 54.7 Å². The molecule has 0 unspecified atom stereocenters. The van der Waals surface area contributed by atoms with Gasteiger partial charge in [-0.1, -0.05) is 30.3 Å². The van der Waals surface area contributed by atoms with Crippen LogP contribution < -0.4 is 26.8 Å². The summed E-state index contributed by atoms with van der Waals surface area (Å²) < 4.78 is 20.8. The van der Waals surface area contributed by atoms with Gasteiger partial charge >= 0.3 is 5.69 Å². The first kappa shape index (κ1) is 23.7. The number of hydrogen-bond acceptors (Lipinski definition) is 6. The molecule has 1 aromatic heterocycles. The minimum absolute atomic E-state index is 0.232. The minimum atomic E-state index is -0.391. The smallest absolute Gasteiger partial charge is 0.354 e. The third kappa shape index (κ3) is 5.45. The van der Waals surface area contributed by atoms with Crippen LogP contribution in [0.15, 0.2) is 77.7 Å². The Hall–Kier alpha value is -4.01. The highest BCUT2D eigenvalue weighted by Gasteiger charge is 2.20. The summed E-state index contributed by atoms with van der Waals surface area (Å²) in [5, 5.41) is 6.55. The summed E-state index contributed by atoms with van der Waals surface area (Å²) in [6.45, 7) is 2.27. The predicted molar refractivity (Wildman–Crippen MR) is 139 cm³/mol. The second-order valence-electron chi connectivity index (χ2n) is 8.78. The zero-order valence-corrected chi connectivity index (χ0v) is 19.8. The molecule has 1 aliphatic rings. The van der Waals surface area contributed by atoms with Gasteiger partial charge in [0.15, 0.2) is 17.3 Å². The fourth-order valence-corrected chi connectivity index (χ4v) is 4.12. The van der Waals surface area contributed by atoms with Gasteiger partial charge < -0.3 is 21.1 Å². The largest absolute Gasteiger partial charge is 0.450 e. The highest BCUT2D eigenvalue weighted by Crippen LogP contribution is 2.40. The Morgan fingerprint density at radius 3 is 2.44 bits per heavy atom. The third-order valence-electron chi connectivity index (χ3n) is 6.13. The van der Waals surface area contributed by atoms with Gasteiger partial charge in [0.2, 0.25) is 0 Å². The van der Waals surface area contributed by atoms with E-state index >= 15 is 0 Å². The van der Waals surface area contributed by atoms with Crippen molar-refractivity contribution in [2.24, 2.45) is 5.73 Å². The van der Waals surface area contributed by atoms with Crippen LogP contribution in [0.4, 0.5) is 15.9 Å². The number of hydrogen-bond donors (Lipinski definition) is 3. The molecule has 0 spiro atoms. The van der Waals surface area contributed by atoms with Crippen molar-refractivity contribution >= 4 is 11.5 Å². The molecule has 5 rings (SSSR count). The van der Waals surface area contributed by atoms with Gasteiger partial charge in [0.1, 0.15) is 5.82 Å². The fourth-order valence-electron chi connectivity index (χ4n) is 4.12. The Morgan fingerprint density at radius 2 is 1.67 bits per heavy atom. The lowest BCUT2D eigenvalue weighted by atomic mass is 10.0. The molecule has 0 aliphatic carbocycles. The minimum Gasteiger partial charge on any atom is -0.450 e. The van der Waals surface area contributed by atoms with Gasteiger partial charge in [-0.05, 0) is 85.4 Å². The second kappa shape index (κ2) is 10.7. The normalized spacial score (nSPS) is 11.8. The van der Waals surface area contributed by atoms with E-state index in [4.69, 9.17) is 10.5 Å². The number of fused-ring (bicyclic) bond motifs is 2. The standard InChI is InChI=1S/C28H28FN5O2/c29-22-9-4-19(5-10-22)2-3-20-8-13-24-25(16-20)36-26-18-34(28(35)33-27(26)32-24)23-11-6-21(7-12-23)17-31-15-1-14-30/h4-13,16,18,31H,1-3,14-15,17,30H2,(H,32,33,35). The SMILES string of the molecule is NCCCNCc1ccc(-n2cc3c(nc2=O)Nc2ccc(CCc4ccc(F)cc4)cc2O3)cc1. The Kier molecular flexibility index (Phi) is 7.06. The maximum absolute atomic E-state index is 13.2. The maximum Gasteiger partial charge on any atom is 0.354 e. The number of ether oxygens (including phenoxy) is 1. The summed E-state index contributed by atoms with van der Waals surface area (Å²) in [5.41, 5.74) is 9.89. The number of nitrogens with one attached hydrogen (secondary N) is 2. The van der Waals surface area contributed by atoms with Gasteiger partial charge in [-0.3, -0.25) is 4.57 Å². The number of anilines is 2. The van der Waals surface area contributed by atoms with Gasteiger partial charge in [0.25, 0.3) is 0 Å². The van der Waals surface area contributed by atoms with Crippen molar-refractivity contribution in [2.75, 3.05) is 18.4 Å². The molecule has 1 aliphatic heterocycles. The van der Waals surface area contributed by atoms with Crippen LogP contribution in [-0.4, -0.2) is 22.6 Å². The number of halogens is 1. The molecule has 0 saturated carbocycles. The predicted octanol–water partition coefficient (Wildman–Crippen LogP) is 4.44. The number of aryl methyl sites for hydroxylation is 2. The molecule has 0 amide bonds. The van der Waals surface area contributed by atoms with Crippen LogP contribution >= 0.6 is 0 Å². The van der Waals surface area contributed by atoms with Gasteiger partial charge in [-0.15, -0.1) is 0 Å². The van der Waals surface area contributed by atoms with Crippen LogP contribution in [-0.2, 0) is 19.4 Å². The van der Waals surface area contributed by atoms with Crippen LogP contribution in [0.25, 0.3) is 5.69 Å². The molecule has 4 N–H and O–H groups in total. The Balaban J connectivity index is 1.30. The molecule has 0 saturated heterocycles. The molecule has 0 bridgehead atoms. The highest BCUT2D eigenvalue weighted by molar-refractivity contribution is 5.73. The van der Waals surface area contributed by atoms with Crippen molar-refractivity contribution in [1.82, 2.24) is 14.9 Å². The lowest BCUT2D eigenvalue weighted by molar-refractivity contribution is 0.471. The second-order valence-corrected chi connectivity index (χ2v) is 8.78. The molecule has 0 atom stereocenters. The van der Waals surface area contributed by atoms with Crippen LogP contribution in [0.1, 0.15) is 23.1 Å². The molecule has 4 aromatic rings. The summed E-state index contributed by atoms with van der Waals surface area (Å²) in [6.07, 6.45) is 4.19. The quantitative estimate of drug-likeness (QED) is 0.267. The molecule has 0 fully saturated rings. The molecule has 184 valence electrons. The van der Waals surface area contributed by atoms with Crippen molar-refractivity contribution in [2.45, 2.75) is 25.8 Å². The summed E-state index contributed by atoms with van der Waals surface area (Å²) in [4.78, 5) is 16.9. The topological polar surface area (TPSA) is 94.2 Å². The summed E-state index contributed by atoms with van der Waals surface area (Å²) in [6, 6.07) is 20.2. The molecule has 3 aromatic carbocycles. The molecule has 8 heteroatoms. The van der Waals surface area contributed by atoms with E-state index in [1.807, 2.05) is 42.5 Å². The lowest BCUT2D eigenvalue weighted by Gasteiger charge is -2.22. The number of aromatic nitrogens is 2. The number of benzene rings is 3. The molecule has 0 radical (unpaired) electrons. The van der Waals surface area contributed by atoms with Crippen LogP contribution in [0.5, 0.6) is 11.5 Å². The van der Waals surface area contributed by atoms with Crippen LogP contribution in [0.2, 0.25) is 0 Å². The van der Waals surface area contributed by atoms with E-state index < -0.39 is 5.69 Å². The van der Waals surface area contributed by atoms with Crippen LogP contribution in [0.3, 0.4) is 0 Å². The lowest BCUT2D eigenvalue weighted by Crippen LogP contribution is -2.23. The van der Waals surface area contributed by atoms with Crippen molar-refractivity contribution in [3.05, 3.63) is 106 Å². The van der Waals surface area contributed by atoms with Crippen molar-refractivity contribution in [3.63, 3.8) is 0 Å². The first-order chi connectivity index (χ1) is 17.6. The van der Waals surface area contributed by atoms with E-state index in [9.17, 15) is 9.18 Å². The number of nitrogens with zero attached hydrogens (tertiary/aromatic N) is 2. The number of rotatable bonds is 9. The van der Waals surface area contributed by atoms with Crippen LogP contribution in [0, 0.1) is 5.82 Å². The molecular weight excluding hydrogens is 457 g/mol. The fraction of sp³-hybridized carbons (Fsp3) is 0.214. The molecule has 36 heavy (non-hydrogen) atoms. The summed E-state index contributed by atoms with van der Waals surface area (Å²) >= 11 is 0. The van der Waals surface area contributed by atoms with E-state index in [0.29, 0.717) is 29.5 Å². The summed E-state index contributed by atoms with van der Waals surface area (Å²) in [7, 11) is 0.